The Labute approximate surface area is 122 Å². The van der Waals surface area contributed by atoms with Crippen molar-refractivity contribution in [3.63, 3.8) is 0 Å². The van der Waals surface area contributed by atoms with E-state index in [0.717, 1.165) is 11.6 Å². The highest BCUT2D eigenvalue weighted by Crippen LogP contribution is 2.20. The SMILES string of the molecule is CN(C(=O)OCc1ccccc1)c1ccc(F)cc1C#N. The molecule has 5 heteroatoms. The van der Waals surface area contributed by atoms with Gasteiger partial charge in [-0.3, -0.25) is 4.90 Å². The molecule has 0 aliphatic rings. The molecule has 0 spiro atoms. The highest BCUT2D eigenvalue weighted by molar-refractivity contribution is 5.88. The van der Waals surface area contributed by atoms with E-state index < -0.39 is 11.9 Å². The zero-order valence-electron chi connectivity index (χ0n) is 11.4. The van der Waals surface area contributed by atoms with E-state index in [0.29, 0.717) is 5.69 Å². The number of nitriles is 1. The van der Waals surface area contributed by atoms with Crippen molar-refractivity contribution < 1.29 is 13.9 Å². The van der Waals surface area contributed by atoms with Crippen molar-refractivity contribution in [1.82, 2.24) is 0 Å². The zero-order chi connectivity index (χ0) is 15.2. The quantitative estimate of drug-likeness (QED) is 0.867. The lowest BCUT2D eigenvalue weighted by molar-refractivity contribution is 0.148. The molecule has 0 atom stereocenters. The molecule has 0 N–H and O–H groups in total. The first-order valence-electron chi connectivity index (χ1n) is 6.26. The van der Waals surface area contributed by atoms with E-state index in [1.54, 1.807) is 0 Å². The number of halogens is 1. The zero-order valence-corrected chi connectivity index (χ0v) is 11.4. The first-order chi connectivity index (χ1) is 10.1. The van der Waals surface area contributed by atoms with Gasteiger partial charge >= 0.3 is 6.09 Å². The molecule has 106 valence electrons. The molecule has 4 nitrogen and oxygen atoms in total. The van der Waals surface area contributed by atoms with Crippen LogP contribution in [0.1, 0.15) is 11.1 Å². The van der Waals surface area contributed by atoms with Crippen LogP contribution in [0.25, 0.3) is 0 Å². The molecule has 2 rings (SSSR count). The summed E-state index contributed by atoms with van der Waals surface area (Å²) in [5.74, 6) is -0.527. The largest absolute Gasteiger partial charge is 0.444 e. The van der Waals surface area contributed by atoms with Crippen LogP contribution in [0.4, 0.5) is 14.9 Å². The molecule has 0 unspecified atom stereocenters. The van der Waals surface area contributed by atoms with Gasteiger partial charge in [-0.25, -0.2) is 9.18 Å². The first-order valence-corrected chi connectivity index (χ1v) is 6.26. The minimum absolute atomic E-state index is 0.0779. The Morgan fingerprint density at radius 3 is 2.67 bits per heavy atom. The normalized spacial score (nSPS) is 9.76. The maximum Gasteiger partial charge on any atom is 0.414 e. The molecule has 2 aromatic rings. The number of rotatable bonds is 3. The van der Waals surface area contributed by atoms with E-state index in [4.69, 9.17) is 10.00 Å². The van der Waals surface area contributed by atoms with Crippen molar-refractivity contribution in [2.45, 2.75) is 6.61 Å². The summed E-state index contributed by atoms with van der Waals surface area (Å²) in [5, 5.41) is 8.99. The van der Waals surface area contributed by atoms with Gasteiger partial charge in [-0.2, -0.15) is 5.26 Å². The number of carbonyl (C=O) groups excluding carboxylic acids is 1. The number of ether oxygens (including phenoxy) is 1. The number of anilines is 1. The molecular formula is C16H13FN2O2. The van der Waals surface area contributed by atoms with Gasteiger partial charge < -0.3 is 4.74 Å². The van der Waals surface area contributed by atoms with Crippen molar-refractivity contribution in [2.24, 2.45) is 0 Å². The third kappa shape index (κ3) is 3.57. The Balaban J connectivity index is 2.08. The minimum Gasteiger partial charge on any atom is -0.444 e. The third-order valence-electron chi connectivity index (χ3n) is 2.92. The fourth-order valence-electron chi connectivity index (χ4n) is 1.80. The van der Waals surface area contributed by atoms with Crippen LogP contribution in [0.3, 0.4) is 0 Å². The summed E-state index contributed by atoms with van der Waals surface area (Å²) in [4.78, 5) is 13.2. The molecule has 0 aliphatic carbocycles. The van der Waals surface area contributed by atoms with Crippen LogP contribution in [0.5, 0.6) is 0 Å². The standard InChI is InChI=1S/C16H13FN2O2/c1-19(15-8-7-14(17)9-13(15)10-18)16(20)21-11-12-5-3-2-4-6-12/h2-9H,11H2,1H3. The fourth-order valence-corrected chi connectivity index (χ4v) is 1.80. The van der Waals surface area contributed by atoms with Gasteiger partial charge in [0, 0.05) is 7.05 Å². The molecule has 0 saturated heterocycles. The molecule has 0 aliphatic heterocycles. The predicted octanol–water partition coefficient (Wildman–Crippen LogP) is 3.47. The van der Waals surface area contributed by atoms with Crippen molar-refractivity contribution in [3.8, 4) is 6.07 Å². The lowest BCUT2D eigenvalue weighted by atomic mass is 10.2. The van der Waals surface area contributed by atoms with E-state index in [-0.39, 0.29) is 12.2 Å². The second kappa shape index (κ2) is 6.53. The molecule has 21 heavy (non-hydrogen) atoms. The molecule has 0 bridgehead atoms. The summed E-state index contributed by atoms with van der Waals surface area (Å²) in [6, 6.07) is 14.7. The summed E-state index contributed by atoms with van der Waals surface area (Å²) >= 11 is 0. The second-order valence-electron chi connectivity index (χ2n) is 4.37. The summed E-state index contributed by atoms with van der Waals surface area (Å²) in [6.07, 6.45) is -0.609. The Morgan fingerprint density at radius 2 is 2.00 bits per heavy atom. The van der Waals surface area contributed by atoms with Crippen molar-refractivity contribution >= 4 is 11.8 Å². The van der Waals surface area contributed by atoms with Crippen LogP contribution in [-0.2, 0) is 11.3 Å². The van der Waals surface area contributed by atoms with E-state index >= 15 is 0 Å². The van der Waals surface area contributed by atoms with E-state index in [1.165, 1.54) is 24.1 Å². The van der Waals surface area contributed by atoms with Crippen LogP contribution in [0.2, 0.25) is 0 Å². The number of nitrogens with zero attached hydrogens (tertiary/aromatic N) is 2. The molecule has 1 amide bonds. The Hall–Kier alpha value is -2.87. The Morgan fingerprint density at radius 1 is 1.29 bits per heavy atom. The van der Waals surface area contributed by atoms with Gasteiger partial charge in [0.1, 0.15) is 18.5 Å². The number of benzene rings is 2. The second-order valence-corrected chi connectivity index (χ2v) is 4.37. The van der Waals surface area contributed by atoms with Gasteiger partial charge in [0.25, 0.3) is 0 Å². The molecule has 0 saturated carbocycles. The van der Waals surface area contributed by atoms with Crippen LogP contribution in [0, 0.1) is 17.1 Å². The van der Waals surface area contributed by atoms with Crippen LogP contribution in [-0.4, -0.2) is 13.1 Å². The highest BCUT2D eigenvalue weighted by atomic mass is 19.1. The summed E-state index contributed by atoms with van der Waals surface area (Å²) < 4.78 is 18.2. The Kier molecular flexibility index (Phi) is 4.52. The van der Waals surface area contributed by atoms with Crippen molar-refractivity contribution in [2.75, 3.05) is 11.9 Å². The lowest BCUT2D eigenvalue weighted by Gasteiger charge is -2.18. The monoisotopic (exact) mass is 284 g/mol. The Bertz CT molecular complexity index is 680. The average molecular weight is 284 g/mol. The average Bonchev–Trinajstić information content (AvgIpc) is 2.52. The van der Waals surface area contributed by atoms with Crippen LogP contribution < -0.4 is 4.90 Å². The summed E-state index contributed by atoms with van der Waals surface area (Å²) in [5.41, 5.74) is 1.24. The lowest BCUT2D eigenvalue weighted by Crippen LogP contribution is -2.27. The number of hydrogen-bond acceptors (Lipinski definition) is 3. The van der Waals surface area contributed by atoms with E-state index in [1.807, 2.05) is 36.4 Å². The molecule has 2 aromatic carbocycles. The molecule has 0 radical (unpaired) electrons. The first kappa shape index (κ1) is 14.5. The summed E-state index contributed by atoms with van der Waals surface area (Å²) in [7, 11) is 1.47. The maximum absolute atomic E-state index is 13.1. The number of amides is 1. The molecule has 0 heterocycles. The topological polar surface area (TPSA) is 53.3 Å². The van der Waals surface area contributed by atoms with Gasteiger partial charge in [-0.1, -0.05) is 30.3 Å². The number of carbonyl (C=O) groups is 1. The van der Waals surface area contributed by atoms with E-state index in [2.05, 4.69) is 0 Å². The summed E-state index contributed by atoms with van der Waals surface area (Å²) in [6.45, 7) is 0.132. The van der Waals surface area contributed by atoms with Gasteiger partial charge in [0.2, 0.25) is 0 Å². The van der Waals surface area contributed by atoms with E-state index in [9.17, 15) is 9.18 Å². The minimum atomic E-state index is -0.609. The molecule has 0 fully saturated rings. The molecule has 0 aromatic heterocycles. The smallest absolute Gasteiger partial charge is 0.414 e. The number of hydrogen-bond donors (Lipinski definition) is 0. The van der Waals surface area contributed by atoms with Gasteiger partial charge in [-0.05, 0) is 23.8 Å². The maximum atomic E-state index is 13.1. The van der Waals surface area contributed by atoms with Gasteiger partial charge in [0.15, 0.2) is 0 Å². The van der Waals surface area contributed by atoms with Crippen molar-refractivity contribution in [1.29, 1.82) is 5.26 Å². The molecular weight excluding hydrogens is 271 g/mol. The fraction of sp³-hybridized carbons (Fsp3) is 0.125. The van der Waals surface area contributed by atoms with Gasteiger partial charge in [0.05, 0.1) is 11.3 Å². The van der Waals surface area contributed by atoms with Gasteiger partial charge in [-0.15, -0.1) is 0 Å². The highest BCUT2D eigenvalue weighted by Gasteiger charge is 2.16. The van der Waals surface area contributed by atoms with Crippen LogP contribution >= 0.6 is 0 Å². The van der Waals surface area contributed by atoms with Crippen molar-refractivity contribution in [3.05, 3.63) is 65.5 Å². The predicted molar refractivity (Wildman–Crippen MR) is 76.1 cm³/mol. The van der Waals surface area contributed by atoms with Crippen LogP contribution in [0.15, 0.2) is 48.5 Å². The third-order valence-corrected chi connectivity index (χ3v) is 2.92.